The van der Waals surface area contributed by atoms with E-state index in [1.165, 1.54) is 79.9 Å². The quantitative estimate of drug-likeness (QED) is 0.131. The zero-order valence-corrected chi connectivity index (χ0v) is 29.2. The van der Waals surface area contributed by atoms with Crippen molar-refractivity contribution in [3.63, 3.8) is 0 Å². The molecule has 1 aromatic heterocycles. The molecule has 1 heterocycles. The van der Waals surface area contributed by atoms with E-state index in [4.69, 9.17) is 0 Å². The molecule has 0 radical (unpaired) electrons. The molecule has 0 saturated heterocycles. The first-order chi connectivity index (χ1) is 24.0. The third kappa shape index (κ3) is 4.38. The number of benzene rings is 8. The van der Waals surface area contributed by atoms with Crippen molar-refractivity contribution in [2.24, 2.45) is 0 Å². The molecule has 0 unspecified atom stereocenters. The molecule has 0 N–H and O–H groups in total. The van der Waals surface area contributed by atoms with Gasteiger partial charge in [-0.25, -0.2) is 0 Å². The summed E-state index contributed by atoms with van der Waals surface area (Å²) < 4.78 is 3.00. The van der Waals surface area contributed by atoms with E-state index in [1.54, 1.807) is 0 Å². The second kappa shape index (κ2) is 10.8. The van der Waals surface area contributed by atoms with Gasteiger partial charge >= 0.3 is 231 Å². The van der Waals surface area contributed by atoms with Crippen molar-refractivity contribution in [1.29, 1.82) is 0 Å². The summed E-state index contributed by atoms with van der Waals surface area (Å²) in [4.78, 5) is 2.43. The third-order valence-corrected chi connectivity index (χ3v) is 13.2. The molecular formula is C47H33NSe. The summed E-state index contributed by atoms with van der Waals surface area (Å²) in [6, 6.07) is 60.9. The molecule has 2 heteroatoms. The zero-order valence-electron chi connectivity index (χ0n) is 27.4. The van der Waals surface area contributed by atoms with E-state index in [0.717, 1.165) is 11.4 Å². The van der Waals surface area contributed by atoms with E-state index in [9.17, 15) is 0 Å². The Hall–Kier alpha value is -5.40. The zero-order chi connectivity index (χ0) is 32.7. The van der Waals surface area contributed by atoms with Crippen molar-refractivity contribution in [2.45, 2.75) is 19.3 Å². The topological polar surface area (TPSA) is 3.24 Å². The Bertz CT molecular complexity index is 2730. The van der Waals surface area contributed by atoms with Crippen molar-refractivity contribution in [1.82, 2.24) is 0 Å². The maximum absolute atomic E-state index is 2.43. The molecule has 49 heavy (non-hydrogen) atoms. The maximum atomic E-state index is 2.43. The standard InChI is InChI=1S/C47H33NSe/c1-47(2)42-14-8-6-12-38(42)41-29-36(24-27-43(41)47)48(34-21-18-31(19-22-34)30-10-4-3-5-11-30)35-23-26-37-33(28-35)17-16-32-20-25-40-39-13-7-9-15-44(39)49-46(40)45(32)37/h3-29H,1-2H3. The van der Waals surface area contributed by atoms with Crippen molar-refractivity contribution < 1.29 is 0 Å². The van der Waals surface area contributed by atoms with E-state index < -0.39 is 0 Å². The fourth-order valence-electron chi connectivity index (χ4n) is 8.18. The Morgan fingerprint density at radius 1 is 0.449 bits per heavy atom. The van der Waals surface area contributed by atoms with Gasteiger partial charge in [-0.3, -0.25) is 0 Å². The molecule has 232 valence electrons. The molecule has 0 fully saturated rings. The van der Waals surface area contributed by atoms with Crippen LogP contribution >= 0.6 is 0 Å². The molecule has 10 rings (SSSR count). The van der Waals surface area contributed by atoms with E-state index in [1.807, 2.05) is 0 Å². The van der Waals surface area contributed by atoms with Gasteiger partial charge in [0, 0.05) is 0 Å². The van der Waals surface area contributed by atoms with Gasteiger partial charge in [-0.05, 0) is 0 Å². The fraction of sp³-hybridized carbons (Fsp3) is 0.0638. The second-order valence-electron chi connectivity index (χ2n) is 13.8. The van der Waals surface area contributed by atoms with E-state index in [-0.39, 0.29) is 5.41 Å². The predicted molar refractivity (Wildman–Crippen MR) is 211 cm³/mol. The van der Waals surface area contributed by atoms with Gasteiger partial charge in [-0.1, -0.05) is 62.4 Å². The minimum atomic E-state index is -0.0297. The number of rotatable bonds is 4. The van der Waals surface area contributed by atoms with Crippen LogP contribution in [0.1, 0.15) is 25.0 Å². The monoisotopic (exact) mass is 691 g/mol. The molecular weight excluding hydrogens is 657 g/mol. The summed E-state index contributed by atoms with van der Waals surface area (Å²) in [5, 5.41) is 8.14. The van der Waals surface area contributed by atoms with Crippen LogP contribution in [0.25, 0.3) is 63.1 Å². The van der Waals surface area contributed by atoms with Gasteiger partial charge in [0.25, 0.3) is 0 Å². The molecule has 0 aliphatic heterocycles. The van der Waals surface area contributed by atoms with Crippen molar-refractivity contribution in [3.05, 3.63) is 175 Å². The van der Waals surface area contributed by atoms with Gasteiger partial charge in [-0.15, -0.1) is 0 Å². The molecule has 0 spiro atoms. The van der Waals surface area contributed by atoms with Gasteiger partial charge in [0.1, 0.15) is 0 Å². The van der Waals surface area contributed by atoms with Gasteiger partial charge in [-0.2, -0.15) is 0 Å². The van der Waals surface area contributed by atoms with Crippen molar-refractivity contribution in [2.75, 3.05) is 4.90 Å². The number of nitrogens with zero attached hydrogens (tertiary/aromatic N) is 1. The summed E-state index contributed by atoms with van der Waals surface area (Å²) in [6.45, 7) is 4.70. The molecule has 0 bridgehead atoms. The van der Waals surface area contributed by atoms with E-state index in [0.29, 0.717) is 14.5 Å². The normalized spacial score (nSPS) is 13.3. The van der Waals surface area contributed by atoms with Crippen LogP contribution in [-0.4, -0.2) is 14.5 Å². The first-order valence-corrected chi connectivity index (χ1v) is 18.7. The summed E-state index contributed by atoms with van der Waals surface area (Å²) in [5.74, 6) is 0. The van der Waals surface area contributed by atoms with Crippen LogP contribution in [0.4, 0.5) is 17.1 Å². The molecule has 1 aliphatic carbocycles. The van der Waals surface area contributed by atoms with Crippen LogP contribution in [0.3, 0.4) is 0 Å². The Kier molecular flexibility index (Phi) is 6.31. The summed E-state index contributed by atoms with van der Waals surface area (Å²) in [5.41, 5.74) is 11.3. The molecule has 0 saturated carbocycles. The van der Waals surface area contributed by atoms with Crippen LogP contribution in [0.2, 0.25) is 0 Å². The summed E-state index contributed by atoms with van der Waals surface area (Å²) >= 11 is 0.291. The van der Waals surface area contributed by atoms with Crippen molar-refractivity contribution >= 4 is 72.4 Å². The average molecular weight is 691 g/mol. The van der Waals surface area contributed by atoms with Gasteiger partial charge in [0.05, 0.1) is 0 Å². The van der Waals surface area contributed by atoms with Gasteiger partial charge in [0.2, 0.25) is 0 Å². The second-order valence-corrected chi connectivity index (χ2v) is 16.0. The first-order valence-electron chi connectivity index (χ1n) is 17.0. The van der Waals surface area contributed by atoms with Crippen LogP contribution in [0, 0.1) is 0 Å². The molecule has 0 amide bonds. The molecule has 1 nitrogen and oxygen atoms in total. The Labute approximate surface area is 292 Å². The van der Waals surface area contributed by atoms with E-state index in [2.05, 4.69) is 183 Å². The summed E-state index contributed by atoms with van der Waals surface area (Å²) in [7, 11) is 0. The molecule has 1 aliphatic rings. The van der Waals surface area contributed by atoms with Gasteiger partial charge < -0.3 is 0 Å². The van der Waals surface area contributed by atoms with Crippen LogP contribution in [0.5, 0.6) is 0 Å². The third-order valence-electron chi connectivity index (χ3n) is 10.6. The molecule has 0 atom stereocenters. The molecule has 9 aromatic rings. The predicted octanol–water partition coefficient (Wildman–Crippen LogP) is 12.8. The van der Waals surface area contributed by atoms with Crippen LogP contribution in [-0.2, 0) is 5.41 Å². The number of hydrogen-bond donors (Lipinski definition) is 0. The Morgan fingerprint density at radius 2 is 1.08 bits per heavy atom. The molecule has 8 aromatic carbocycles. The van der Waals surface area contributed by atoms with E-state index >= 15 is 0 Å². The van der Waals surface area contributed by atoms with Gasteiger partial charge in [0.15, 0.2) is 0 Å². The Morgan fingerprint density at radius 3 is 1.96 bits per heavy atom. The fourth-order valence-corrected chi connectivity index (χ4v) is 10.9. The van der Waals surface area contributed by atoms with Crippen LogP contribution in [0.15, 0.2) is 164 Å². The van der Waals surface area contributed by atoms with Crippen LogP contribution < -0.4 is 4.90 Å². The average Bonchev–Trinajstić information content (AvgIpc) is 3.64. The SMILES string of the molecule is CC1(C)c2ccccc2-c2cc(N(c3ccc(-c4ccccc4)cc3)c3ccc4c(ccc5ccc6c7ccccc7[se]c6c54)c3)ccc21. The summed E-state index contributed by atoms with van der Waals surface area (Å²) in [6.07, 6.45) is 0. The number of fused-ring (bicyclic) bond motifs is 10. The first kappa shape index (κ1) is 28.6. The number of hydrogen-bond acceptors (Lipinski definition) is 1. The Balaban J connectivity index is 1.17. The number of anilines is 3. The van der Waals surface area contributed by atoms with Crippen molar-refractivity contribution in [3.8, 4) is 22.3 Å². The minimum absolute atomic E-state index is 0.0297.